The van der Waals surface area contributed by atoms with Crippen LogP contribution in [0.5, 0.6) is 0 Å². The van der Waals surface area contributed by atoms with Crippen molar-refractivity contribution in [3.05, 3.63) is 64.8 Å². The van der Waals surface area contributed by atoms with E-state index in [9.17, 15) is 0 Å². The molecular formula is C19H20N2. The first-order valence-electron chi connectivity index (χ1n) is 7.24. The summed E-state index contributed by atoms with van der Waals surface area (Å²) in [6.07, 6.45) is 1.87. The third-order valence-electron chi connectivity index (χ3n) is 3.68. The van der Waals surface area contributed by atoms with Crippen molar-refractivity contribution in [1.82, 2.24) is 4.98 Å². The number of nitrogens with one attached hydrogen (secondary N) is 1. The fourth-order valence-corrected chi connectivity index (χ4v) is 2.92. The molecule has 1 heterocycles. The Balaban J connectivity index is 2.12. The summed E-state index contributed by atoms with van der Waals surface area (Å²) in [5, 5.41) is 4.72. The maximum absolute atomic E-state index is 4.52. The lowest BCUT2D eigenvalue weighted by Gasteiger charge is -2.12. The molecular weight excluding hydrogens is 256 g/mol. The van der Waals surface area contributed by atoms with Gasteiger partial charge >= 0.3 is 0 Å². The summed E-state index contributed by atoms with van der Waals surface area (Å²) in [5.74, 6) is 0. The minimum Gasteiger partial charge on any atom is -0.355 e. The summed E-state index contributed by atoms with van der Waals surface area (Å²) >= 11 is 0. The van der Waals surface area contributed by atoms with E-state index in [4.69, 9.17) is 0 Å². The molecule has 21 heavy (non-hydrogen) atoms. The first-order chi connectivity index (χ1) is 10.0. The van der Waals surface area contributed by atoms with Crippen molar-refractivity contribution in [2.45, 2.75) is 27.7 Å². The molecule has 2 nitrogen and oxygen atoms in total. The Morgan fingerprint density at radius 1 is 0.810 bits per heavy atom. The Morgan fingerprint density at radius 2 is 1.48 bits per heavy atom. The molecule has 0 amide bonds. The molecule has 0 radical (unpaired) electrons. The summed E-state index contributed by atoms with van der Waals surface area (Å²) in [6, 6.07) is 12.9. The third kappa shape index (κ3) is 2.75. The van der Waals surface area contributed by atoms with Crippen LogP contribution in [0, 0.1) is 27.7 Å². The zero-order valence-electron chi connectivity index (χ0n) is 13.0. The average molecular weight is 276 g/mol. The number of hydrogen-bond donors (Lipinski definition) is 1. The Hall–Kier alpha value is -2.35. The lowest BCUT2D eigenvalue weighted by atomic mass is 10.1. The minimum absolute atomic E-state index is 1.06. The quantitative estimate of drug-likeness (QED) is 0.694. The topological polar surface area (TPSA) is 24.9 Å². The van der Waals surface area contributed by atoms with Crippen LogP contribution in [-0.2, 0) is 0 Å². The van der Waals surface area contributed by atoms with E-state index in [0.29, 0.717) is 0 Å². The largest absolute Gasteiger partial charge is 0.355 e. The molecule has 0 aliphatic heterocycles. The molecule has 1 aromatic heterocycles. The monoisotopic (exact) mass is 276 g/mol. The van der Waals surface area contributed by atoms with Crippen LogP contribution >= 0.6 is 0 Å². The number of fused-ring (bicyclic) bond motifs is 1. The Kier molecular flexibility index (Phi) is 3.38. The van der Waals surface area contributed by atoms with E-state index in [0.717, 1.165) is 16.9 Å². The Bertz CT molecular complexity index is 799. The van der Waals surface area contributed by atoms with Gasteiger partial charge < -0.3 is 5.32 Å². The predicted molar refractivity (Wildman–Crippen MR) is 90.4 cm³/mol. The summed E-state index contributed by atoms with van der Waals surface area (Å²) in [5.41, 5.74) is 8.31. The number of benzene rings is 2. The van der Waals surface area contributed by atoms with Gasteiger partial charge in [0.1, 0.15) is 0 Å². The van der Waals surface area contributed by atoms with Crippen molar-refractivity contribution in [3.63, 3.8) is 0 Å². The summed E-state index contributed by atoms with van der Waals surface area (Å²) in [7, 11) is 0. The average Bonchev–Trinajstić information content (AvgIpc) is 2.38. The number of aryl methyl sites for hydroxylation is 4. The second kappa shape index (κ2) is 5.21. The second-order valence-electron chi connectivity index (χ2n) is 5.84. The van der Waals surface area contributed by atoms with Gasteiger partial charge in [0.25, 0.3) is 0 Å². The molecule has 0 aliphatic rings. The highest BCUT2D eigenvalue weighted by Gasteiger charge is 2.06. The fourth-order valence-electron chi connectivity index (χ4n) is 2.92. The van der Waals surface area contributed by atoms with E-state index < -0.39 is 0 Å². The number of hydrogen-bond acceptors (Lipinski definition) is 2. The van der Waals surface area contributed by atoms with Crippen LogP contribution in [0.15, 0.2) is 42.6 Å². The van der Waals surface area contributed by atoms with Gasteiger partial charge in [-0.15, -0.1) is 0 Å². The van der Waals surface area contributed by atoms with Gasteiger partial charge in [0.2, 0.25) is 0 Å². The van der Waals surface area contributed by atoms with Crippen molar-refractivity contribution in [2.75, 3.05) is 5.32 Å². The number of rotatable bonds is 2. The Labute approximate surface area is 125 Å². The molecule has 3 rings (SSSR count). The molecule has 2 heteroatoms. The molecule has 0 saturated carbocycles. The lowest BCUT2D eigenvalue weighted by molar-refractivity contribution is 1.33. The lowest BCUT2D eigenvalue weighted by Crippen LogP contribution is -1.95. The first kappa shape index (κ1) is 13.6. The van der Waals surface area contributed by atoms with Crippen molar-refractivity contribution in [1.29, 1.82) is 0 Å². The molecule has 0 spiro atoms. The molecule has 1 N–H and O–H groups in total. The van der Waals surface area contributed by atoms with E-state index in [1.165, 1.54) is 27.6 Å². The molecule has 106 valence electrons. The maximum atomic E-state index is 4.52. The number of aromatic nitrogens is 1. The summed E-state index contributed by atoms with van der Waals surface area (Å²) in [6.45, 7) is 8.48. The van der Waals surface area contributed by atoms with Crippen LogP contribution in [0.2, 0.25) is 0 Å². The van der Waals surface area contributed by atoms with Crippen molar-refractivity contribution < 1.29 is 0 Å². The van der Waals surface area contributed by atoms with Gasteiger partial charge in [-0.1, -0.05) is 17.7 Å². The number of anilines is 2. The highest BCUT2D eigenvalue weighted by atomic mass is 14.9. The van der Waals surface area contributed by atoms with Crippen molar-refractivity contribution >= 4 is 22.3 Å². The molecule has 0 atom stereocenters. The van der Waals surface area contributed by atoms with E-state index in [1.54, 1.807) is 0 Å². The van der Waals surface area contributed by atoms with Crippen LogP contribution in [0.25, 0.3) is 10.9 Å². The molecule has 0 fully saturated rings. The number of nitrogens with zero attached hydrogens (tertiary/aromatic N) is 1. The van der Waals surface area contributed by atoms with Gasteiger partial charge in [-0.05, 0) is 68.7 Å². The smallest absolute Gasteiger partial charge is 0.0752 e. The second-order valence-corrected chi connectivity index (χ2v) is 5.84. The van der Waals surface area contributed by atoms with E-state index in [-0.39, 0.29) is 0 Å². The molecule has 2 aromatic carbocycles. The molecule has 0 aliphatic carbocycles. The first-order valence-corrected chi connectivity index (χ1v) is 7.24. The van der Waals surface area contributed by atoms with Crippen molar-refractivity contribution in [3.8, 4) is 0 Å². The van der Waals surface area contributed by atoms with Crippen LogP contribution in [-0.4, -0.2) is 4.98 Å². The van der Waals surface area contributed by atoms with Gasteiger partial charge in [-0.25, -0.2) is 0 Å². The maximum Gasteiger partial charge on any atom is 0.0752 e. The van der Waals surface area contributed by atoms with Gasteiger partial charge in [-0.2, -0.15) is 0 Å². The van der Waals surface area contributed by atoms with Gasteiger partial charge in [0.15, 0.2) is 0 Å². The third-order valence-corrected chi connectivity index (χ3v) is 3.68. The zero-order valence-corrected chi connectivity index (χ0v) is 13.0. The van der Waals surface area contributed by atoms with E-state index >= 15 is 0 Å². The zero-order chi connectivity index (χ0) is 15.0. The molecule has 0 saturated heterocycles. The van der Waals surface area contributed by atoms with Gasteiger partial charge in [-0.3, -0.25) is 4.98 Å². The van der Waals surface area contributed by atoms with E-state index in [1.807, 2.05) is 12.3 Å². The SMILES string of the molecule is Cc1cc(C)cc(Nc2ccnc3c(C)cc(C)cc23)c1. The minimum atomic E-state index is 1.06. The molecule has 0 unspecified atom stereocenters. The van der Waals surface area contributed by atoms with E-state index in [2.05, 4.69) is 68.3 Å². The molecule has 0 bridgehead atoms. The molecule has 3 aromatic rings. The van der Waals surface area contributed by atoms with Crippen LogP contribution in [0.4, 0.5) is 11.4 Å². The normalized spacial score (nSPS) is 10.9. The van der Waals surface area contributed by atoms with Crippen LogP contribution in [0.3, 0.4) is 0 Å². The van der Waals surface area contributed by atoms with Gasteiger partial charge in [0.05, 0.1) is 5.52 Å². The standard InChI is InChI=1S/C19H20N2/c1-12-7-13(2)10-16(9-12)21-18-5-6-20-19-15(4)8-14(3)11-17(18)19/h5-11H,1-4H3,(H,20,21). The summed E-state index contributed by atoms with van der Waals surface area (Å²) in [4.78, 5) is 4.52. The van der Waals surface area contributed by atoms with Crippen LogP contribution in [0.1, 0.15) is 22.3 Å². The highest BCUT2D eigenvalue weighted by molar-refractivity contribution is 5.95. The van der Waals surface area contributed by atoms with Crippen molar-refractivity contribution in [2.24, 2.45) is 0 Å². The fraction of sp³-hybridized carbons (Fsp3) is 0.211. The summed E-state index contributed by atoms with van der Waals surface area (Å²) < 4.78 is 0. The van der Waals surface area contributed by atoms with Crippen LogP contribution < -0.4 is 5.32 Å². The van der Waals surface area contributed by atoms with Gasteiger partial charge in [0, 0.05) is 23.0 Å². The Morgan fingerprint density at radius 3 is 2.19 bits per heavy atom. The highest BCUT2D eigenvalue weighted by Crippen LogP contribution is 2.28. The predicted octanol–water partition coefficient (Wildman–Crippen LogP) is 5.21. The number of pyridine rings is 1.